The predicted molar refractivity (Wildman–Crippen MR) is 82.6 cm³/mol. The fourth-order valence-corrected chi connectivity index (χ4v) is 3.75. The smallest absolute Gasteiger partial charge is 0.0894 e. The SMILES string of the molecule is c1ccc(-n2ccnn2)c(NC2CCN3CCCCC23)c1. The zero-order valence-corrected chi connectivity index (χ0v) is 12.2. The molecule has 5 heteroatoms. The third-order valence-corrected chi connectivity index (χ3v) is 4.77. The lowest BCUT2D eigenvalue weighted by Crippen LogP contribution is -2.41. The number of nitrogens with zero attached hydrogens (tertiary/aromatic N) is 4. The van der Waals surface area contributed by atoms with Gasteiger partial charge in [0.1, 0.15) is 0 Å². The number of para-hydroxylation sites is 2. The maximum absolute atomic E-state index is 4.12. The lowest BCUT2D eigenvalue weighted by molar-refractivity contribution is 0.193. The van der Waals surface area contributed by atoms with Crippen LogP contribution >= 0.6 is 0 Å². The normalized spacial score (nSPS) is 25.7. The number of rotatable bonds is 3. The van der Waals surface area contributed by atoms with Crippen molar-refractivity contribution in [2.75, 3.05) is 18.4 Å². The van der Waals surface area contributed by atoms with Gasteiger partial charge in [0.25, 0.3) is 0 Å². The van der Waals surface area contributed by atoms with E-state index in [-0.39, 0.29) is 0 Å². The molecular weight excluding hydrogens is 262 g/mol. The minimum Gasteiger partial charge on any atom is -0.379 e. The number of anilines is 1. The second-order valence-electron chi connectivity index (χ2n) is 6.00. The Morgan fingerprint density at radius 1 is 1.10 bits per heavy atom. The van der Waals surface area contributed by atoms with Crippen LogP contribution in [0.5, 0.6) is 0 Å². The zero-order chi connectivity index (χ0) is 14.1. The largest absolute Gasteiger partial charge is 0.379 e. The van der Waals surface area contributed by atoms with Crippen molar-refractivity contribution >= 4 is 5.69 Å². The molecule has 1 aromatic heterocycles. The first-order valence-corrected chi connectivity index (χ1v) is 7.88. The summed E-state index contributed by atoms with van der Waals surface area (Å²) in [4.78, 5) is 2.65. The highest BCUT2D eigenvalue weighted by atomic mass is 15.4. The van der Waals surface area contributed by atoms with Crippen LogP contribution in [0.2, 0.25) is 0 Å². The van der Waals surface area contributed by atoms with Crippen LogP contribution in [0.1, 0.15) is 25.7 Å². The average molecular weight is 283 g/mol. The average Bonchev–Trinajstić information content (AvgIpc) is 3.18. The molecule has 2 unspecified atom stereocenters. The Morgan fingerprint density at radius 3 is 2.95 bits per heavy atom. The molecule has 0 spiro atoms. The summed E-state index contributed by atoms with van der Waals surface area (Å²) in [5.41, 5.74) is 2.23. The van der Waals surface area contributed by atoms with E-state index >= 15 is 0 Å². The Bertz CT molecular complexity index is 594. The predicted octanol–water partition coefficient (Wildman–Crippen LogP) is 2.31. The molecule has 5 nitrogen and oxygen atoms in total. The molecule has 2 atom stereocenters. The summed E-state index contributed by atoms with van der Waals surface area (Å²) < 4.78 is 1.83. The van der Waals surface area contributed by atoms with Crippen LogP contribution in [0.4, 0.5) is 5.69 Å². The lowest BCUT2D eigenvalue weighted by atomic mass is 9.99. The highest BCUT2D eigenvalue weighted by Crippen LogP contribution is 2.30. The van der Waals surface area contributed by atoms with Crippen molar-refractivity contribution in [3.05, 3.63) is 36.7 Å². The number of nitrogens with one attached hydrogen (secondary N) is 1. The van der Waals surface area contributed by atoms with Crippen molar-refractivity contribution in [1.82, 2.24) is 19.9 Å². The van der Waals surface area contributed by atoms with Crippen LogP contribution in [0.25, 0.3) is 5.69 Å². The minimum absolute atomic E-state index is 0.551. The Morgan fingerprint density at radius 2 is 2.05 bits per heavy atom. The summed E-state index contributed by atoms with van der Waals surface area (Å²) >= 11 is 0. The van der Waals surface area contributed by atoms with Gasteiger partial charge in [0.2, 0.25) is 0 Å². The second kappa shape index (κ2) is 5.48. The summed E-state index contributed by atoms with van der Waals surface area (Å²) in [6, 6.07) is 9.60. The van der Waals surface area contributed by atoms with Crippen LogP contribution < -0.4 is 5.32 Å². The van der Waals surface area contributed by atoms with Crippen molar-refractivity contribution < 1.29 is 0 Å². The second-order valence-corrected chi connectivity index (χ2v) is 6.00. The molecule has 21 heavy (non-hydrogen) atoms. The van der Waals surface area contributed by atoms with Crippen LogP contribution in [0.15, 0.2) is 36.7 Å². The van der Waals surface area contributed by atoms with Crippen molar-refractivity contribution in [3.8, 4) is 5.69 Å². The first-order chi connectivity index (χ1) is 10.4. The fourth-order valence-electron chi connectivity index (χ4n) is 3.75. The van der Waals surface area contributed by atoms with Crippen LogP contribution in [0.3, 0.4) is 0 Å². The first-order valence-electron chi connectivity index (χ1n) is 7.88. The molecule has 0 saturated carbocycles. The van der Waals surface area contributed by atoms with E-state index in [4.69, 9.17) is 0 Å². The van der Waals surface area contributed by atoms with Crippen LogP contribution in [-0.2, 0) is 0 Å². The molecular formula is C16H21N5. The molecule has 0 aliphatic carbocycles. The standard InChI is InChI=1S/C16H21N5/c1-2-7-16(21-12-9-17-19-21)13(5-1)18-14-8-11-20-10-4-3-6-15(14)20/h1-2,5,7,9,12,14-15,18H,3-4,6,8,10-11H2. The molecule has 2 fully saturated rings. The molecule has 3 heterocycles. The molecule has 2 aliphatic heterocycles. The van der Waals surface area contributed by atoms with Gasteiger partial charge in [0, 0.05) is 18.6 Å². The maximum atomic E-state index is 4.12. The Balaban J connectivity index is 1.58. The first kappa shape index (κ1) is 12.8. The topological polar surface area (TPSA) is 46.0 Å². The van der Waals surface area contributed by atoms with E-state index in [2.05, 4.69) is 38.7 Å². The summed E-state index contributed by atoms with van der Waals surface area (Å²) in [7, 11) is 0. The Hall–Kier alpha value is -1.88. The molecule has 0 bridgehead atoms. The van der Waals surface area contributed by atoms with Crippen molar-refractivity contribution in [3.63, 3.8) is 0 Å². The quantitative estimate of drug-likeness (QED) is 0.939. The van der Waals surface area contributed by atoms with Crippen molar-refractivity contribution in [2.24, 2.45) is 0 Å². The number of fused-ring (bicyclic) bond motifs is 1. The molecule has 1 N–H and O–H groups in total. The summed E-state index contributed by atoms with van der Waals surface area (Å²) in [5, 5.41) is 11.8. The van der Waals surface area contributed by atoms with Gasteiger partial charge in [-0.3, -0.25) is 4.90 Å². The molecule has 2 saturated heterocycles. The van der Waals surface area contributed by atoms with E-state index in [1.807, 2.05) is 16.9 Å². The monoisotopic (exact) mass is 283 g/mol. The molecule has 110 valence electrons. The Kier molecular flexibility index (Phi) is 3.35. The van der Waals surface area contributed by atoms with E-state index in [1.54, 1.807) is 6.20 Å². The van der Waals surface area contributed by atoms with E-state index in [0.717, 1.165) is 11.4 Å². The third kappa shape index (κ3) is 2.42. The molecule has 4 rings (SSSR count). The van der Waals surface area contributed by atoms with Gasteiger partial charge in [-0.05, 0) is 37.9 Å². The third-order valence-electron chi connectivity index (χ3n) is 4.77. The van der Waals surface area contributed by atoms with Crippen molar-refractivity contribution in [1.29, 1.82) is 0 Å². The molecule has 0 amide bonds. The molecule has 0 radical (unpaired) electrons. The van der Waals surface area contributed by atoms with E-state index < -0.39 is 0 Å². The van der Waals surface area contributed by atoms with Crippen LogP contribution in [0, 0.1) is 0 Å². The lowest BCUT2D eigenvalue weighted by Gasteiger charge is -2.33. The van der Waals surface area contributed by atoms with Gasteiger partial charge in [-0.15, -0.1) is 5.10 Å². The van der Waals surface area contributed by atoms with Crippen LogP contribution in [-0.4, -0.2) is 45.1 Å². The van der Waals surface area contributed by atoms with E-state index in [1.165, 1.54) is 38.8 Å². The van der Waals surface area contributed by atoms with E-state index in [0.29, 0.717) is 12.1 Å². The number of hydrogen-bond acceptors (Lipinski definition) is 4. The van der Waals surface area contributed by atoms with E-state index in [9.17, 15) is 0 Å². The fraction of sp³-hybridized carbons (Fsp3) is 0.500. The maximum Gasteiger partial charge on any atom is 0.0894 e. The summed E-state index contributed by atoms with van der Waals surface area (Å²) in [5.74, 6) is 0. The molecule has 2 aromatic rings. The minimum atomic E-state index is 0.551. The zero-order valence-electron chi connectivity index (χ0n) is 12.2. The highest BCUT2D eigenvalue weighted by Gasteiger charge is 2.35. The van der Waals surface area contributed by atoms with Crippen molar-refractivity contribution in [2.45, 2.75) is 37.8 Å². The highest BCUT2D eigenvalue weighted by molar-refractivity contribution is 5.61. The number of hydrogen-bond donors (Lipinski definition) is 1. The Labute approximate surface area is 125 Å². The van der Waals surface area contributed by atoms with Gasteiger partial charge in [0.05, 0.1) is 23.8 Å². The van der Waals surface area contributed by atoms with Gasteiger partial charge in [-0.25, -0.2) is 4.68 Å². The molecule has 2 aliphatic rings. The van der Waals surface area contributed by atoms with Gasteiger partial charge < -0.3 is 5.32 Å². The number of aromatic nitrogens is 3. The van der Waals surface area contributed by atoms with Gasteiger partial charge in [-0.2, -0.15) is 0 Å². The number of benzene rings is 1. The van der Waals surface area contributed by atoms with Gasteiger partial charge >= 0.3 is 0 Å². The summed E-state index contributed by atoms with van der Waals surface area (Å²) in [6.45, 7) is 2.50. The number of piperidine rings is 1. The van der Waals surface area contributed by atoms with Gasteiger partial charge in [0.15, 0.2) is 0 Å². The van der Waals surface area contributed by atoms with Gasteiger partial charge in [-0.1, -0.05) is 23.8 Å². The molecule has 1 aromatic carbocycles. The summed E-state index contributed by atoms with van der Waals surface area (Å²) in [6.07, 6.45) is 8.89.